The van der Waals surface area contributed by atoms with Crippen LogP contribution in [0.3, 0.4) is 0 Å². The largest absolute Gasteiger partial charge is 0.429 e. The Morgan fingerprint density at radius 3 is 1.82 bits per heavy atom. The van der Waals surface area contributed by atoms with Crippen molar-refractivity contribution >= 4 is 0 Å². The minimum absolute atomic E-state index is 0.317. The first-order valence-electron chi connectivity index (χ1n) is 12.0. The fraction of sp³-hybridized carbons (Fsp3) is 0.556. The zero-order valence-electron chi connectivity index (χ0n) is 19.1. The lowest BCUT2D eigenvalue weighted by atomic mass is 9.78. The number of alkyl halides is 5. The molecule has 0 N–H and O–H groups in total. The van der Waals surface area contributed by atoms with Gasteiger partial charge in [-0.05, 0) is 66.6 Å². The normalized spacial score (nSPS) is 19.5. The van der Waals surface area contributed by atoms with E-state index in [4.69, 9.17) is 4.74 Å². The molecule has 33 heavy (non-hydrogen) atoms. The highest BCUT2D eigenvalue weighted by Gasteiger charge is 2.35. The van der Waals surface area contributed by atoms with E-state index in [-0.39, 0.29) is 11.3 Å². The lowest BCUT2D eigenvalue weighted by Crippen LogP contribution is -2.22. The summed E-state index contributed by atoms with van der Waals surface area (Å²) in [4.78, 5) is 0. The number of ether oxygens (including phenoxy) is 1. The molecule has 2 aromatic rings. The number of aryl methyl sites for hydroxylation is 1. The molecule has 1 saturated carbocycles. The lowest BCUT2D eigenvalue weighted by molar-refractivity contribution is -0.185. The van der Waals surface area contributed by atoms with Crippen molar-refractivity contribution in [2.45, 2.75) is 83.4 Å². The topological polar surface area (TPSA) is 9.23 Å². The van der Waals surface area contributed by atoms with Gasteiger partial charge in [0.15, 0.2) is 0 Å². The maximum Gasteiger partial charge on any atom is 0.426 e. The zero-order valence-corrected chi connectivity index (χ0v) is 19.1. The quantitative estimate of drug-likeness (QED) is 0.249. The van der Waals surface area contributed by atoms with Crippen molar-refractivity contribution in [2.24, 2.45) is 11.8 Å². The van der Waals surface area contributed by atoms with Gasteiger partial charge in [-0.1, -0.05) is 70.4 Å². The van der Waals surface area contributed by atoms with Crippen molar-refractivity contribution in [2.75, 3.05) is 0 Å². The monoisotopic (exact) mass is 468 g/mol. The van der Waals surface area contributed by atoms with Gasteiger partial charge in [0.2, 0.25) is 0 Å². The van der Waals surface area contributed by atoms with Crippen LogP contribution in [0.5, 0.6) is 5.75 Å². The average Bonchev–Trinajstić information content (AvgIpc) is 2.78. The number of unbranched alkanes of at least 4 members (excludes halogenated alkanes) is 2. The molecule has 1 fully saturated rings. The highest BCUT2D eigenvalue weighted by molar-refractivity contribution is 5.31. The molecule has 2 aromatic carbocycles. The van der Waals surface area contributed by atoms with Gasteiger partial charge in [-0.25, -0.2) is 0 Å². The molecule has 182 valence electrons. The van der Waals surface area contributed by atoms with Crippen LogP contribution in [-0.2, 0) is 18.7 Å². The molecule has 1 nitrogen and oxygen atoms in total. The van der Waals surface area contributed by atoms with Crippen LogP contribution in [-0.4, -0.2) is 0 Å². The van der Waals surface area contributed by atoms with E-state index in [1.54, 1.807) is 12.1 Å². The molecule has 0 spiro atoms. The Balaban J connectivity index is 1.47. The summed E-state index contributed by atoms with van der Waals surface area (Å²) in [6.07, 6.45) is 4.18. The van der Waals surface area contributed by atoms with Crippen molar-refractivity contribution in [3.05, 3.63) is 65.2 Å². The fourth-order valence-corrected chi connectivity index (χ4v) is 4.65. The van der Waals surface area contributed by atoms with Crippen molar-refractivity contribution in [1.82, 2.24) is 0 Å². The molecule has 1 aliphatic carbocycles. The van der Waals surface area contributed by atoms with Gasteiger partial charge in [0.05, 0.1) is 11.1 Å². The van der Waals surface area contributed by atoms with Gasteiger partial charge in [-0.15, -0.1) is 0 Å². The minimum atomic E-state index is -4.52. The van der Waals surface area contributed by atoms with E-state index in [1.807, 2.05) is 0 Å². The van der Waals surface area contributed by atoms with Gasteiger partial charge >= 0.3 is 12.3 Å². The Morgan fingerprint density at radius 2 is 1.27 bits per heavy atom. The predicted octanol–water partition coefficient (Wildman–Crippen LogP) is 9.15. The average molecular weight is 469 g/mol. The van der Waals surface area contributed by atoms with Gasteiger partial charge in [0.25, 0.3) is 0 Å². The fourth-order valence-electron chi connectivity index (χ4n) is 4.65. The third kappa shape index (κ3) is 7.72. The molecule has 0 radical (unpaired) electrons. The summed E-state index contributed by atoms with van der Waals surface area (Å²) < 4.78 is 71.6. The Bertz CT molecular complexity index is 834. The number of hydrogen-bond donors (Lipinski definition) is 0. The van der Waals surface area contributed by atoms with Crippen LogP contribution in [0.25, 0.3) is 0 Å². The molecule has 0 aromatic heterocycles. The van der Waals surface area contributed by atoms with Crippen LogP contribution in [0.2, 0.25) is 0 Å². The summed E-state index contributed by atoms with van der Waals surface area (Å²) in [7, 11) is 0. The van der Waals surface area contributed by atoms with Gasteiger partial charge < -0.3 is 4.74 Å². The molecular formula is C27H33F5O. The van der Waals surface area contributed by atoms with E-state index in [0.717, 1.165) is 48.6 Å². The second-order valence-corrected chi connectivity index (χ2v) is 9.26. The molecule has 0 saturated heterocycles. The molecule has 0 amide bonds. The molecular weight excluding hydrogens is 435 g/mol. The van der Waals surface area contributed by atoms with Gasteiger partial charge in [0.1, 0.15) is 5.75 Å². The molecule has 3 rings (SSSR count). The van der Waals surface area contributed by atoms with Gasteiger partial charge in [-0.2, -0.15) is 22.0 Å². The predicted molar refractivity (Wildman–Crippen MR) is 120 cm³/mol. The molecule has 0 bridgehead atoms. The Kier molecular flexibility index (Phi) is 8.77. The Labute approximate surface area is 193 Å². The number of rotatable bonds is 10. The van der Waals surface area contributed by atoms with Crippen molar-refractivity contribution in [3.63, 3.8) is 0 Å². The highest BCUT2D eigenvalue weighted by atomic mass is 19.4. The minimum Gasteiger partial charge on any atom is -0.429 e. The molecule has 1 aliphatic rings. The van der Waals surface area contributed by atoms with Crippen LogP contribution < -0.4 is 4.74 Å². The summed E-state index contributed by atoms with van der Waals surface area (Å²) in [5, 5.41) is 0. The van der Waals surface area contributed by atoms with Crippen LogP contribution in [0, 0.1) is 11.8 Å². The first kappa shape index (κ1) is 25.5. The van der Waals surface area contributed by atoms with E-state index in [9.17, 15) is 22.0 Å². The molecule has 0 heterocycles. The first-order chi connectivity index (χ1) is 15.7. The van der Waals surface area contributed by atoms with E-state index < -0.39 is 17.8 Å². The smallest absolute Gasteiger partial charge is 0.426 e. The molecule has 6 heteroatoms. The van der Waals surface area contributed by atoms with E-state index >= 15 is 0 Å². The van der Waals surface area contributed by atoms with Crippen LogP contribution in [0.15, 0.2) is 48.5 Å². The number of benzene rings is 2. The maximum atomic E-state index is 14.5. The van der Waals surface area contributed by atoms with Crippen LogP contribution in [0.4, 0.5) is 22.0 Å². The lowest BCUT2D eigenvalue weighted by Gasteiger charge is -2.28. The summed E-state index contributed by atoms with van der Waals surface area (Å²) in [6, 6.07) is 9.33. The Hall–Kier alpha value is -2.11. The third-order valence-corrected chi connectivity index (χ3v) is 6.74. The summed E-state index contributed by atoms with van der Waals surface area (Å²) >= 11 is 0. The van der Waals surface area contributed by atoms with E-state index in [0.29, 0.717) is 5.92 Å². The summed E-state index contributed by atoms with van der Waals surface area (Å²) in [5.74, 6) is 1.26. The van der Waals surface area contributed by atoms with E-state index in [2.05, 4.69) is 6.92 Å². The molecule has 0 atom stereocenters. The van der Waals surface area contributed by atoms with Gasteiger partial charge in [0, 0.05) is 0 Å². The summed E-state index contributed by atoms with van der Waals surface area (Å²) in [6.45, 7) is 2.23. The number of halogens is 5. The SMILES string of the molecule is CCCCCC1CCC(CCc2ccc(C(F)(F)Oc3ccc(C(F)(F)F)cc3)cc2)CC1. The van der Waals surface area contributed by atoms with E-state index in [1.165, 1.54) is 63.5 Å². The van der Waals surface area contributed by atoms with Crippen LogP contribution >= 0.6 is 0 Å². The summed E-state index contributed by atoms with van der Waals surface area (Å²) in [5.41, 5.74) is -0.222. The first-order valence-corrected chi connectivity index (χ1v) is 12.0. The molecule has 0 aliphatic heterocycles. The van der Waals surface area contributed by atoms with Crippen molar-refractivity contribution < 1.29 is 26.7 Å². The highest BCUT2D eigenvalue weighted by Crippen LogP contribution is 2.36. The third-order valence-electron chi connectivity index (χ3n) is 6.74. The Morgan fingerprint density at radius 1 is 0.727 bits per heavy atom. The van der Waals surface area contributed by atoms with Crippen LogP contribution in [0.1, 0.15) is 81.4 Å². The number of hydrogen-bond acceptors (Lipinski definition) is 1. The standard InChI is InChI=1S/C27H33F5O/c1-2-3-4-5-20-6-8-21(9-7-20)10-11-22-12-14-24(15-13-22)27(31,32)33-25-18-16-23(17-19-25)26(28,29)30/h12-21H,2-11H2,1H3. The maximum absolute atomic E-state index is 14.5. The van der Waals surface area contributed by atoms with Crippen molar-refractivity contribution in [3.8, 4) is 5.75 Å². The molecule has 0 unspecified atom stereocenters. The second kappa shape index (κ2) is 11.3. The second-order valence-electron chi connectivity index (χ2n) is 9.26. The van der Waals surface area contributed by atoms with Crippen molar-refractivity contribution in [1.29, 1.82) is 0 Å². The van der Waals surface area contributed by atoms with Gasteiger partial charge in [-0.3, -0.25) is 0 Å². The zero-order chi connectivity index (χ0) is 23.9.